The summed E-state index contributed by atoms with van der Waals surface area (Å²) in [6, 6.07) is 14.5. The van der Waals surface area contributed by atoms with E-state index in [0.717, 1.165) is 35.6 Å². The van der Waals surface area contributed by atoms with Crippen molar-refractivity contribution in [2.45, 2.75) is 19.4 Å². The molecule has 0 fully saturated rings. The number of oxazole rings is 1. The summed E-state index contributed by atoms with van der Waals surface area (Å²) in [7, 11) is 0. The average molecular weight is 280 g/mol. The second-order valence-corrected chi connectivity index (χ2v) is 5.29. The molecular formula is C17H16N2O2. The molecule has 0 spiro atoms. The standard InChI is InChI=1S/C17H16N2O2/c1-11-18-15-10-12(6-7-17(15)21-11)19-14-8-9-20-16-5-3-2-4-13(14)16/h2-7,10,14,19H,8-9H2,1H3. The summed E-state index contributed by atoms with van der Waals surface area (Å²) in [5.41, 5.74) is 3.97. The average Bonchev–Trinajstić information content (AvgIpc) is 2.87. The molecule has 0 saturated carbocycles. The van der Waals surface area contributed by atoms with Gasteiger partial charge < -0.3 is 14.5 Å². The van der Waals surface area contributed by atoms with E-state index in [0.29, 0.717) is 5.89 Å². The Morgan fingerprint density at radius 1 is 1.19 bits per heavy atom. The molecule has 1 aromatic heterocycles. The van der Waals surface area contributed by atoms with Crippen molar-refractivity contribution in [1.29, 1.82) is 0 Å². The van der Waals surface area contributed by atoms with E-state index in [9.17, 15) is 0 Å². The molecule has 21 heavy (non-hydrogen) atoms. The maximum atomic E-state index is 5.70. The van der Waals surface area contributed by atoms with Crippen molar-refractivity contribution in [3.8, 4) is 5.75 Å². The number of ether oxygens (including phenoxy) is 1. The van der Waals surface area contributed by atoms with Crippen LogP contribution in [0.15, 0.2) is 46.9 Å². The monoisotopic (exact) mass is 280 g/mol. The molecule has 2 heterocycles. The minimum absolute atomic E-state index is 0.264. The Hall–Kier alpha value is -2.49. The Bertz CT molecular complexity index is 794. The van der Waals surface area contributed by atoms with Crippen molar-refractivity contribution in [2.24, 2.45) is 0 Å². The minimum atomic E-state index is 0.264. The van der Waals surface area contributed by atoms with Crippen molar-refractivity contribution in [1.82, 2.24) is 4.98 Å². The molecule has 2 aromatic carbocycles. The first-order chi connectivity index (χ1) is 10.3. The van der Waals surface area contributed by atoms with Gasteiger partial charge in [0.1, 0.15) is 11.3 Å². The fourth-order valence-electron chi connectivity index (χ4n) is 2.83. The van der Waals surface area contributed by atoms with Crippen LogP contribution in [0, 0.1) is 6.92 Å². The molecule has 1 N–H and O–H groups in total. The Labute approximate surface area is 122 Å². The highest BCUT2D eigenvalue weighted by Gasteiger charge is 2.20. The van der Waals surface area contributed by atoms with E-state index in [4.69, 9.17) is 9.15 Å². The number of aryl methyl sites for hydroxylation is 1. The highest BCUT2D eigenvalue weighted by molar-refractivity contribution is 5.77. The van der Waals surface area contributed by atoms with E-state index in [1.165, 1.54) is 5.56 Å². The lowest BCUT2D eigenvalue weighted by atomic mass is 10.0. The predicted molar refractivity (Wildman–Crippen MR) is 81.7 cm³/mol. The quantitative estimate of drug-likeness (QED) is 0.768. The molecule has 1 aliphatic heterocycles. The van der Waals surface area contributed by atoms with Crippen molar-refractivity contribution in [2.75, 3.05) is 11.9 Å². The predicted octanol–water partition coefficient (Wildman–Crippen LogP) is 4.07. The van der Waals surface area contributed by atoms with Gasteiger partial charge in [0, 0.05) is 24.6 Å². The zero-order valence-electron chi connectivity index (χ0n) is 11.8. The molecular weight excluding hydrogens is 264 g/mol. The molecule has 4 rings (SSSR count). The maximum absolute atomic E-state index is 5.70. The lowest BCUT2D eigenvalue weighted by molar-refractivity contribution is 0.274. The summed E-state index contributed by atoms with van der Waals surface area (Å²) < 4.78 is 11.2. The first-order valence-electron chi connectivity index (χ1n) is 7.15. The van der Waals surface area contributed by atoms with Gasteiger partial charge in [-0.05, 0) is 24.3 Å². The second kappa shape index (κ2) is 4.81. The van der Waals surface area contributed by atoms with Gasteiger partial charge in [0.25, 0.3) is 0 Å². The molecule has 1 atom stereocenters. The summed E-state index contributed by atoms with van der Waals surface area (Å²) in [4.78, 5) is 4.38. The van der Waals surface area contributed by atoms with Gasteiger partial charge in [-0.3, -0.25) is 0 Å². The van der Waals surface area contributed by atoms with Gasteiger partial charge in [0.2, 0.25) is 0 Å². The van der Waals surface area contributed by atoms with Crippen molar-refractivity contribution in [3.05, 3.63) is 53.9 Å². The summed E-state index contributed by atoms with van der Waals surface area (Å²) in [5, 5.41) is 3.58. The summed E-state index contributed by atoms with van der Waals surface area (Å²) >= 11 is 0. The number of fused-ring (bicyclic) bond motifs is 2. The molecule has 0 amide bonds. The van der Waals surface area contributed by atoms with Crippen molar-refractivity contribution >= 4 is 16.8 Å². The Morgan fingerprint density at radius 2 is 2.10 bits per heavy atom. The molecule has 1 unspecified atom stereocenters. The topological polar surface area (TPSA) is 47.3 Å². The van der Waals surface area contributed by atoms with E-state index in [1.54, 1.807) is 0 Å². The zero-order chi connectivity index (χ0) is 14.2. The number of nitrogens with zero attached hydrogens (tertiary/aromatic N) is 1. The van der Waals surface area contributed by atoms with Crippen LogP contribution in [0.3, 0.4) is 0 Å². The molecule has 0 saturated heterocycles. The number of hydrogen-bond acceptors (Lipinski definition) is 4. The van der Waals surface area contributed by atoms with Crippen LogP contribution >= 0.6 is 0 Å². The molecule has 4 nitrogen and oxygen atoms in total. The zero-order valence-corrected chi connectivity index (χ0v) is 11.8. The summed E-state index contributed by atoms with van der Waals surface area (Å²) in [6.07, 6.45) is 0.951. The van der Waals surface area contributed by atoms with Crippen LogP contribution in [0.25, 0.3) is 11.1 Å². The largest absolute Gasteiger partial charge is 0.493 e. The van der Waals surface area contributed by atoms with E-state index in [2.05, 4.69) is 16.4 Å². The SMILES string of the molecule is Cc1nc2cc(NC3CCOc4ccccc43)ccc2o1. The first-order valence-corrected chi connectivity index (χ1v) is 7.15. The third kappa shape index (κ3) is 2.23. The van der Waals surface area contributed by atoms with Crippen LogP contribution in [0.2, 0.25) is 0 Å². The molecule has 1 aliphatic rings. The highest BCUT2D eigenvalue weighted by Crippen LogP contribution is 2.34. The molecule has 106 valence electrons. The number of aromatic nitrogens is 1. The van der Waals surface area contributed by atoms with Crippen LogP contribution < -0.4 is 10.1 Å². The fraction of sp³-hybridized carbons (Fsp3) is 0.235. The van der Waals surface area contributed by atoms with Crippen LogP contribution in [0.1, 0.15) is 23.9 Å². The van der Waals surface area contributed by atoms with Crippen LogP contribution in [0.4, 0.5) is 5.69 Å². The minimum Gasteiger partial charge on any atom is -0.493 e. The van der Waals surface area contributed by atoms with Gasteiger partial charge >= 0.3 is 0 Å². The number of para-hydroxylation sites is 1. The van der Waals surface area contributed by atoms with Gasteiger partial charge in [-0.25, -0.2) is 4.98 Å². The van der Waals surface area contributed by atoms with Crippen LogP contribution in [-0.2, 0) is 0 Å². The first kappa shape index (κ1) is 12.3. The molecule has 4 heteroatoms. The van der Waals surface area contributed by atoms with Crippen LogP contribution in [0.5, 0.6) is 5.75 Å². The van der Waals surface area contributed by atoms with E-state index in [1.807, 2.05) is 43.3 Å². The molecule has 0 aliphatic carbocycles. The number of rotatable bonds is 2. The smallest absolute Gasteiger partial charge is 0.192 e. The van der Waals surface area contributed by atoms with Gasteiger partial charge in [-0.2, -0.15) is 0 Å². The maximum Gasteiger partial charge on any atom is 0.192 e. The molecule has 0 bridgehead atoms. The van der Waals surface area contributed by atoms with E-state index < -0.39 is 0 Å². The highest BCUT2D eigenvalue weighted by atomic mass is 16.5. The molecule has 0 radical (unpaired) electrons. The summed E-state index contributed by atoms with van der Waals surface area (Å²) in [5.74, 6) is 1.66. The molecule has 3 aromatic rings. The third-order valence-electron chi connectivity index (χ3n) is 3.79. The van der Waals surface area contributed by atoms with Gasteiger partial charge in [0.15, 0.2) is 11.5 Å². The van der Waals surface area contributed by atoms with Gasteiger partial charge in [-0.15, -0.1) is 0 Å². The van der Waals surface area contributed by atoms with Crippen molar-refractivity contribution in [3.63, 3.8) is 0 Å². The Kier molecular flexibility index (Phi) is 2.81. The van der Waals surface area contributed by atoms with E-state index >= 15 is 0 Å². The number of hydrogen-bond donors (Lipinski definition) is 1. The lowest BCUT2D eigenvalue weighted by Crippen LogP contribution is -2.20. The third-order valence-corrected chi connectivity index (χ3v) is 3.79. The number of benzene rings is 2. The Morgan fingerprint density at radius 3 is 3.05 bits per heavy atom. The van der Waals surface area contributed by atoms with Gasteiger partial charge in [-0.1, -0.05) is 18.2 Å². The summed E-state index contributed by atoms with van der Waals surface area (Å²) in [6.45, 7) is 2.60. The lowest BCUT2D eigenvalue weighted by Gasteiger charge is -2.27. The normalized spacial score (nSPS) is 17.3. The van der Waals surface area contributed by atoms with E-state index in [-0.39, 0.29) is 6.04 Å². The number of nitrogens with one attached hydrogen (secondary N) is 1. The van der Waals surface area contributed by atoms with Crippen molar-refractivity contribution < 1.29 is 9.15 Å². The number of anilines is 1. The van der Waals surface area contributed by atoms with Crippen LogP contribution in [-0.4, -0.2) is 11.6 Å². The fourth-order valence-corrected chi connectivity index (χ4v) is 2.83. The van der Waals surface area contributed by atoms with Gasteiger partial charge in [0.05, 0.1) is 12.6 Å². The Balaban J connectivity index is 1.65. The second-order valence-electron chi connectivity index (χ2n) is 5.29.